The summed E-state index contributed by atoms with van der Waals surface area (Å²) < 4.78 is 90.5. The molecule has 6 aromatic rings. The first kappa shape index (κ1) is 52.1. The van der Waals surface area contributed by atoms with Crippen LogP contribution in [-0.4, -0.2) is 3.21 Å². The third-order valence-corrected chi connectivity index (χ3v) is 21.8. The standard InChI is InChI=1S/C31H29.C15H8F6.C12H19.2ClH.Zr/c1-18-11-20(3)30(21(4)12-18)24-7-9-28-26(15-24)17-27-16-25(8-10-29(27)28)31-22(5)13-19(2)14-23(31)6;16-14(17,18)12-5-1-3-10(8-12)7-11-4-2-6-13(9-11)15(19,20)21;1-9(2)10-6-7-11(8-10)12(3,4)5;;;/h7-17H,1-6H3;1-6,8-9H;7-10H,1-5H3;2*1H;/q;;;;;+2/p-2. The van der Waals surface area contributed by atoms with Crippen molar-refractivity contribution in [2.75, 3.05) is 0 Å². The molecule has 9 heteroatoms. The zero-order valence-electron chi connectivity index (χ0n) is 39.8. The van der Waals surface area contributed by atoms with Crippen LogP contribution in [0.5, 0.6) is 0 Å². The number of hydrogen-bond acceptors (Lipinski definition) is 0. The fraction of sp³-hybridized carbons (Fsp3) is 0.293. The number of rotatable bonds is 7. The summed E-state index contributed by atoms with van der Waals surface area (Å²) in [5, 5.41) is 0. The minimum Gasteiger partial charge on any atom is -1.00 e. The van der Waals surface area contributed by atoms with Crippen molar-refractivity contribution in [3.8, 4) is 33.4 Å². The van der Waals surface area contributed by atoms with E-state index in [2.05, 4.69) is 149 Å². The molecule has 1 unspecified atom stereocenters. The smallest absolute Gasteiger partial charge is 1.00 e. The van der Waals surface area contributed by atoms with Crippen LogP contribution in [0.25, 0.3) is 33.4 Å². The van der Waals surface area contributed by atoms with Gasteiger partial charge in [-0.2, -0.15) is 0 Å². The Morgan fingerprint density at radius 3 is 1.30 bits per heavy atom. The van der Waals surface area contributed by atoms with E-state index >= 15 is 0 Å². The van der Waals surface area contributed by atoms with Crippen molar-refractivity contribution in [2.45, 2.75) is 92.1 Å². The molecule has 0 amide bonds. The maximum atomic E-state index is 14.8. The van der Waals surface area contributed by atoms with Gasteiger partial charge in [-0.05, 0) is 0 Å². The number of allylic oxidation sites excluding steroid dienone is 4. The van der Waals surface area contributed by atoms with Gasteiger partial charge in [0, 0.05) is 0 Å². The Morgan fingerprint density at radius 1 is 0.537 bits per heavy atom. The van der Waals surface area contributed by atoms with Crippen molar-refractivity contribution in [1.29, 1.82) is 0 Å². The molecular formula is C58H56Cl2F6Zr. The minimum absolute atomic E-state index is 0. The number of halogens is 8. The molecule has 348 valence electrons. The third-order valence-electron chi connectivity index (χ3n) is 13.4. The van der Waals surface area contributed by atoms with Gasteiger partial charge in [0.15, 0.2) is 0 Å². The molecular weight excluding hydrogens is 973 g/mol. The predicted octanol–water partition coefficient (Wildman–Crippen LogP) is 11.0. The van der Waals surface area contributed by atoms with Crippen LogP contribution in [0.1, 0.15) is 105 Å². The fourth-order valence-electron chi connectivity index (χ4n) is 10.7. The Labute approximate surface area is 412 Å². The zero-order chi connectivity index (χ0) is 47.1. The third kappa shape index (κ3) is 10.1. The molecule has 0 aromatic heterocycles. The predicted molar refractivity (Wildman–Crippen MR) is 253 cm³/mol. The second kappa shape index (κ2) is 19.2. The summed E-state index contributed by atoms with van der Waals surface area (Å²) in [5.41, 5.74) is 15.3. The van der Waals surface area contributed by atoms with E-state index in [-0.39, 0.29) is 45.7 Å². The van der Waals surface area contributed by atoms with Gasteiger partial charge in [-0.1, -0.05) is 0 Å². The Bertz CT molecular complexity index is 2780. The number of alkyl halides is 6. The molecule has 0 bridgehead atoms. The molecule has 67 heavy (non-hydrogen) atoms. The molecule has 0 aliphatic heterocycles. The summed E-state index contributed by atoms with van der Waals surface area (Å²) in [4.78, 5) is 0. The van der Waals surface area contributed by atoms with E-state index in [1.807, 2.05) is 0 Å². The van der Waals surface area contributed by atoms with Crippen LogP contribution >= 0.6 is 0 Å². The maximum Gasteiger partial charge on any atom is -1.00 e. The van der Waals surface area contributed by atoms with Crippen LogP contribution < -0.4 is 24.8 Å². The second-order valence-electron chi connectivity index (χ2n) is 19.8. The maximum absolute atomic E-state index is 14.8. The van der Waals surface area contributed by atoms with Crippen LogP contribution in [0, 0.1) is 58.8 Å². The molecule has 0 spiro atoms. The molecule has 0 heterocycles. The largest absolute Gasteiger partial charge is 1.00 e. The van der Waals surface area contributed by atoms with Gasteiger partial charge in [-0.15, -0.1) is 0 Å². The molecule has 2 aliphatic carbocycles. The molecule has 0 N–H and O–H groups in total. The summed E-state index contributed by atoms with van der Waals surface area (Å²) in [6.07, 6.45) is -4.71. The van der Waals surface area contributed by atoms with E-state index in [1.54, 1.807) is 12.1 Å². The van der Waals surface area contributed by atoms with Crippen molar-refractivity contribution in [3.05, 3.63) is 197 Å². The number of benzene rings is 6. The molecule has 2 aliphatic rings. The van der Waals surface area contributed by atoms with Crippen molar-refractivity contribution in [1.82, 2.24) is 0 Å². The van der Waals surface area contributed by atoms with Crippen molar-refractivity contribution in [2.24, 2.45) is 17.3 Å². The summed E-state index contributed by atoms with van der Waals surface area (Å²) in [5.74, 6) is 0.0296. The molecule has 1 atom stereocenters. The molecule has 0 nitrogen and oxygen atoms in total. The van der Waals surface area contributed by atoms with E-state index in [4.69, 9.17) is 0 Å². The van der Waals surface area contributed by atoms with E-state index in [0.29, 0.717) is 14.3 Å². The molecule has 0 fully saturated rings. The average Bonchev–Trinajstić information content (AvgIpc) is 3.79. The minimum atomic E-state index is -4.67. The van der Waals surface area contributed by atoms with Crippen LogP contribution in [0.2, 0.25) is 0 Å². The van der Waals surface area contributed by atoms with Crippen LogP contribution in [0.4, 0.5) is 26.3 Å². The fourth-order valence-corrected chi connectivity index (χ4v) is 20.6. The summed E-state index contributed by atoms with van der Waals surface area (Å²) in [6, 6.07) is 32.7. The van der Waals surface area contributed by atoms with Crippen molar-refractivity contribution < 1.29 is 72.4 Å². The van der Waals surface area contributed by atoms with Crippen LogP contribution in [-0.2, 0) is 33.6 Å². The van der Waals surface area contributed by atoms with Crippen LogP contribution in [0.15, 0.2) is 130 Å². The van der Waals surface area contributed by atoms with Gasteiger partial charge < -0.3 is 24.8 Å². The van der Waals surface area contributed by atoms with E-state index in [0.717, 1.165) is 95.6 Å². The average molecular weight is 1030 g/mol. The number of fused-ring (bicyclic) bond motifs is 3. The van der Waals surface area contributed by atoms with E-state index in [9.17, 15) is 26.3 Å². The van der Waals surface area contributed by atoms with Crippen molar-refractivity contribution >= 4 is 3.21 Å². The van der Waals surface area contributed by atoms with Gasteiger partial charge in [0.1, 0.15) is 0 Å². The van der Waals surface area contributed by atoms with Gasteiger partial charge in [-0.3, -0.25) is 0 Å². The summed E-state index contributed by atoms with van der Waals surface area (Å²) in [7, 11) is 0. The zero-order valence-corrected chi connectivity index (χ0v) is 43.8. The number of aryl methyl sites for hydroxylation is 6. The number of hydrogen-bond donors (Lipinski definition) is 0. The summed E-state index contributed by atoms with van der Waals surface area (Å²) in [6.45, 7) is 23.5. The Morgan fingerprint density at radius 2 is 0.940 bits per heavy atom. The first-order valence-corrected chi connectivity index (χ1v) is 26.3. The normalized spacial score (nSPS) is 14.7. The quantitative estimate of drug-likeness (QED) is 0.140. The first-order chi connectivity index (χ1) is 30.4. The van der Waals surface area contributed by atoms with Crippen LogP contribution in [0.3, 0.4) is 0 Å². The first-order valence-electron chi connectivity index (χ1n) is 22.4. The molecule has 0 saturated heterocycles. The van der Waals surface area contributed by atoms with Gasteiger partial charge >= 0.3 is 391 Å². The topological polar surface area (TPSA) is 0 Å². The van der Waals surface area contributed by atoms with Gasteiger partial charge in [0.05, 0.1) is 0 Å². The Kier molecular flexibility index (Phi) is 15.0. The summed E-state index contributed by atoms with van der Waals surface area (Å²) >= 11 is -4.03. The molecule has 8 rings (SSSR count). The van der Waals surface area contributed by atoms with E-state index in [1.165, 1.54) is 27.5 Å². The van der Waals surface area contributed by atoms with E-state index < -0.39 is 44.7 Å². The Hall–Kier alpha value is -4.29. The monoisotopic (exact) mass is 1030 g/mol. The van der Waals surface area contributed by atoms with Gasteiger partial charge in [0.2, 0.25) is 0 Å². The molecule has 0 radical (unpaired) electrons. The Balaban J connectivity index is 0.00000370. The van der Waals surface area contributed by atoms with Gasteiger partial charge in [-0.25, -0.2) is 0 Å². The van der Waals surface area contributed by atoms with Crippen molar-refractivity contribution in [3.63, 3.8) is 0 Å². The SMILES string of the molecule is Cc1cc(C)c(-c2ccc3c(c2)[CH]([Zr+2]([C]2=CC(C(C)(C)C)=CC2C(C)C)=[C](c2cccc(C(F)(F)F)c2)c2cccc(C(F)(F)F)c2)c2cc(-c4c(C)cc(C)cc4C)ccc2-3)c(C)c1.[Cl-].[Cl-]. The molecule has 0 saturated carbocycles. The second-order valence-corrected chi connectivity index (χ2v) is 25.9. The molecule has 6 aromatic carbocycles. The van der Waals surface area contributed by atoms with Gasteiger partial charge in [0.25, 0.3) is 0 Å².